The number of hydrogen-bond donors (Lipinski definition) is 0. The van der Waals surface area contributed by atoms with Gasteiger partial charge in [-0.1, -0.05) is 30.3 Å². The zero-order valence-corrected chi connectivity index (χ0v) is 14.9. The molecule has 4 nitrogen and oxygen atoms in total. The van der Waals surface area contributed by atoms with E-state index in [0.29, 0.717) is 22.5 Å². The van der Waals surface area contributed by atoms with Gasteiger partial charge in [-0.05, 0) is 36.4 Å². The quantitative estimate of drug-likeness (QED) is 0.569. The molecule has 0 spiro atoms. The highest BCUT2D eigenvalue weighted by molar-refractivity contribution is 5.92. The Labute approximate surface area is 159 Å². The van der Waals surface area contributed by atoms with Crippen LogP contribution in [-0.4, -0.2) is 30.8 Å². The maximum atomic E-state index is 12.3. The number of carbonyl (C=O) groups excluding carboxylic acids is 1. The summed E-state index contributed by atoms with van der Waals surface area (Å²) in [6.07, 6.45) is -4.40. The molecule has 28 heavy (non-hydrogen) atoms. The minimum Gasteiger partial charge on any atom is -0.484 e. The SMILES string of the molecule is COC(=O)c1cc(-c2ccccc2)nc(-c2ccc(OCC(F)(F)F)cc2)c1. The first-order valence-electron chi connectivity index (χ1n) is 8.31. The lowest BCUT2D eigenvalue weighted by Crippen LogP contribution is -2.19. The Morgan fingerprint density at radius 1 is 0.929 bits per heavy atom. The summed E-state index contributed by atoms with van der Waals surface area (Å²) < 4.78 is 46.3. The largest absolute Gasteiger partial charge is 0.484 e. The minimum absolute atomic E-state index is 0.0912. The fourth-order valence-corrected chi connectivity index (χ4v) is 2.56. The number of benzene rings is 2. The van der Waals surface area contributed by atoms with Crippen LogP contribution in [0.4, 0.5) is 13.2 Å². The van der Waals surface area contributed by atoms with Crippen LogP contribution in [-0.2, 0) is 4.74 Å². The van der Waals surface area contributed by atoms with Gasteiger partial charge in [0.05, 0.1) is 24.1 Å². The third kappa shape index (κ3) is 4.88. The van der Waals surface area contributed by atoms with Crippen LogP contribution < -0.4 is 4.74 Å². The van der Waals surface area contributed by atoms with E-state index in [1.807, 2.05) is 30.3 Å². The number of methoxy groups -OCH3 is 1. The average molecular weight is 387 g/mol. The molecular weight excluding hydrogens is 371 g/mol. The van der Waals surface area contributed by atoms with Crippen molar-refractivity contribution >= 4 is 5.97 Å². The zero-order valence-electron chi connectivity index (χ0n) is 14.9. The van der Waals surface area contributed by atoms with E-state index in [0.717, 1.165) is 5.56 Å². The molecule has 2 aromatic carbocycles. The third-order valence-electron chi connectivity index (χ3n) is 3.87. The number of halogens is 3. The van der Waals surface area contributed by atoms with Crippen LogP contribution in [0.1, 0.15) is 10.4 Å². The van der Waals surface area contributed by atoms with Crippen molar-refractivity contribution in [1.29, 1.82) is 0 Å². The van der Waals surface area contributed by atoms with E-state index < -0.39 is 18.8 Å². The Bertz CT molecular complexity index is 955. The van der Waals surface area contributed by atoms with Gasteiger partial charge >= 0.3 is 12.1 Å². The van der Waals surface area contributed by atoms with E-state index in [1.54, 1.807) is 24.3 Å². The van der Waals surface area contributed by atoms with Crippen LogP contribution in [0, 0.1) is 0 Å². The zero-order chi connectivity index (χ0) is 20.1. The van der Waals surface area contributed by atoms with Crippen molar-refractivity contribution in [2.24, 2.45) is 0 Å². The lowest BCUT2D eigenvalue weighted by Gasteiger charge is -2.11. The molecule has 0 atom stereocenters. The summed E-state index contributed by atoms with van der Waals surface area (Å²) in [5.74, 6) is -0.417. The van der Waals surface area contributed by atoms with Gasteiger partial charge in [-0.3, -0.25) is 0 Å². The van der Waals surface area contributed by atoms with Gasteiger partial charge in [-0.2, -0.15) is 13.2 Å². The number of carbonyl (C=O) groups is 1. The molecule has 0 aliphatic rings. The van der Waals surface area contributed by atoms with Gasteiger partial charge in [0.25, 0.3) is 0 Å². The molecule has 3 aromatic rings. The van der Waals surface area contributed by atoms with Crippen molar-refractivity contribution in [1.82, 2.24) is 4.98 Å². The molecule has 0 N–H and O–H groups in total. The molecule has 0 radical (unpaired) electrons. The van der Waals surface area contributed by atoms with Gasteiger partial charge in [0.15, 0.2) is 6.61 Å². The summed E-state index contributed by atoms with van der Waals surface area (Å²) in [5.41, 5.74) is 2.84. The Balaban J connectivity index is 1.95. The van der Waals surface area contributed by atoms with Gasteiger partial charge in [-0.15, -0.1) is 0 Å². The van der Waals surface area contributed by atoms with E-state index in [1.165, 1.54) is 19.2 Å². The molecule has 144 valence electrons. The molecule has 0 saturated heterocycles. The molecule has 0 aliphatic heterocycles. The lowest BCUT2D eigenvalue weighted by molar-refractivity contribution is -0.153. The summed E-state index contributed by atoms with van der Waals surface area (Å²) in [4.78, 5) is 16.6. The second-order valence-corrected chi connectivity index (χ2v) is 5.91. The number of aromatic nitrogens is 1. The second kappa shape index (κ2) is 8.12. The molecule has 1 heterocycles. The molecule has 3 rings (SSSR count). The number of nitrogens with zero attached hydrogens (tertiary/aromatic N) is 1. The van der Waals surface area contributed by atoms with E-state index in [2.05, 4.69) is 4.98 Å². The van der Waals surface area contributed by atoms with Gasteiger partial charge < -0.3 is 9.47 Å². The van der Waals surface area contributed by atoms with Gasteiger partial charge in [0.2, 0.25) is 0 Å². The first-order valence-corrected chi connectivity index (χ1v) is 8.31. The first-order chi connectivity index (χ1) is 13.4. The maximum absolute atomic E-state index is 12.3. The number of esters is 1. The van der Waals surface area contributed by atoms with Crippen LogP contribution >= 0.6 is 0 Å². The van der Waals surface area contributed by atoms with Crippen molar-refractivity contribution in [2.75, 3.05) is 13.7 Å². The number of ether oxygens (including phenoxy) is 2. The third-order valence-corrected chi connectivity index (χ3v) is 3.87. The predicted octanol–water partition coefficient (Wildman–Crippen LogP) is 5.14. The van der Waals surface area contributed by atoms with Crippen molar-refractivity contribution in [3.63, 3.8) is 0 Å². The summed E-state index contributed by atoms with van der Waals surface area (Å²) >= 11 is 0. The summed E-state index contributed by atoms with van der Waals surface area (Å²) in [6, 6.07) is 18.5. The molecule has 0 bridgehead atoms. The molecule has 0 saturated carbocycles. The van der Waals surface area contributed by atoms with Crippen LogP contribution in [0.3, 0.4) is 0 Å². The van der Waals surface area contributed by atoms with Crippen molar-refractivity contribution < 1.29 is 27.4 Å². The fourth-order valence-electron chi connectivity index (χ4n) is 2.56. The maximum Gasteiger partial charge on any atom is 0.422 e. The van der Waals surface area contributed by atoms with Crippen molar-refractivity contribution in [3.05, 3.63) is 72.3 Å². The number of alkyl halides is 3. The van der Waals surface area contributed by atoms with E-state index in [-0.39, 0.29) is 5.75 Å². The first kappa shape index (κ1) is 19.4. The molecule has 0 amide bonds. The van der Waals surface area contributed by atoms with E-state index in [9.17, 15) is 18.0 Å². The van der Waals surface area contributed by atoms with Gasteiger partial charge in [0, 0.05) is 11.1 Å². The predicted molar refractivity (Wildman–Crippen MR) is 98.0 cm³/mol. The molecule has 0 aliphatic carbocycles. The topological polar surface area (TPSA) is 48.4 Å². The Morgan fingerprint density at radius 2 is 1.50 bits per heavy atom. The lowest BCUT2D eigenvalue weighted by atomic mass is 10.0. The fraction of sp³-hybridized carbons (Fsp3) is 0.143. The Morgan fingerprint density at radius 3 is 2.04 bits per heavy atom. The van der Waals surface area contributed by atoms with E-state index >= 15 is 0 Å². The monoisotopic (exact) mass is 387 g/mol. The van der Waals surface area contributed by atoms with Crippen LogP contribution in [0.2, 0.25) is 0 Å². The normalized spacial score (nSPS) is 11.1. The molecule has 0 unspecified atom stereocenters. The van der Waals surface area contributed by atoms with Crippen molar-refractivity contribution in [3.8, 4) is 28.3 Å². The average Bonchev–Trinajstić information content (AvgIpc) is 2.72. The summed E-state index contributed by atoms with van der Waals surface area (Å²) in [6.45, 7) is -1.36. The highest BCUT2D eigenvalue weighted by atomic mass is 19.4. The Hall–Kier alpha value is -3.35. The van der Waals surface area contributed by atoms with Crippen LogP contribution in [0.5, 0.6) is 5.75 Å². The van der Waals surface area contributed by atoms with E-state index in [4.69, 9.17) is 9.47 Å². The standard InChI is InChI=1S/C21H16F3NO3/c1-27-20(26)16-11-18(14-5-3-2-4-6-14)25-19(12-16)15-7-9-17(10-8-15)28-13-21(22,23)24/h2-12H,13H2,1H3. The highest BCUT2D eigenvalue weighted by Gasteiger charge is 2.28. The minimum atomic E-state index is -4.40. The number of rotatable bonds is 5. The second-order valence-electron chi connectivity index (χ2n) is 5.91. The molecule has 0 fully saturated rings. The summed E-state index contributed by atoms with van der Waals surface area (Å²) in [5, 5.41) is 0. The van der Waals surface area contributed by atoms with Gasteiger partial charge in [-0.25, -0.2) is 9.78 Å². The highest BCUT2D eigenvalue weighted by Crippen LogP contribution is 2.27. The smallest absolute Gasteiger partial charge is 0.422 e. The number of pyridine rings is 1. The Kier molecular flexibility index (Phi) is 5.63. The number of hydrogen-bond acceptors (Lipinski definition) is 4. The summed E-state index contributed by atoms with van der Waals surface area (Å²) in [7, 11) is 1.29. The molecule has 1 aromatic heterocycles. The van der Waals surface area contributed by atoms with Crippen molar-refractivity contribution in [2.45, 2.75) is 6.18 Å². The molecular formula is C21H16F3NO3. The van der Waals surface area contributed by atoms with Crippen LogP contribution in [0.15, 0.2) is 66.7 Å². The van der Waals surface area contributed by atoms with Crippen LogP contribution in [0.25, 0.3) is 22.5 Å². The molecule has 7 heteroatoms. The van der Waals surface area contributed by atoms with Gasteiger partial charge in [0.1, 0.15) is 5.75 Å².